The van der Waals surface area contributed by atoms with Gasteiger partial charge in [0.1, 0.15) is 11.8 Å². The van der Waals surface area contributed by atoms with Gasteiger partial charge in [0.25, 0.3) is 5.91 Å². The van der Waals surface area contributed by atoms with Gasteiger partial charge in [-0.1, -0.05) is 30.7 Å². The van der Waals surface area contributed by atoms with Gasteiger partial charge in [0.2, 0.25) is 5.16 Å². The van der Waals surface area contributed by atoms with Crippen molar-refractivity contribution in [3.63, 3.8) is 0 Å². The average Bonchev–Trinajstić information content (AvgIpc) is 3.56. The summed E-state index contributed by atoms with van der Waals surface area (Å²) in [5, 5.41) is 21.0. The molecule has 10 heteroatoms. The Balaban J connectivity index is 1.32. The molecule has 150 valence electrons. The van der Waals surface area contributed by atoms with Gasteiger partial charge in [0, 0.05) is 6.42 Å². The number of hydrogen-bond acceptors (Lipinski definition) is 8. The van der Waals surface area contributed by atoms with Crippen LogP contribution in [0.4, 0.5) is 0 Å². The summed E-state index contributed by atoms with van der Waals surface area (Å²) in [5.41, 5.74) is 0.913. The summed E-state index contributed by atoms with van der Waals surface area (Å²) < 4.78 is 7.47. The van der Waals surface area contributed by atoms with Gasteiger partial charge < -0.3 is 4.42 Å². The number of furan rings is 1. The zero-order valence-corrected chi connectivity index (χ0v) is 17.3. The quantitative estimate of drug-likeness (QED) is 0.553. The van der Waals surface area contributed by atoms with Crippen molar-refractivity contribution < 1.29 is 9.21 Å². The monoisotopic (exact) mass is 428 g/mol. The van der Waals surface area contributed by atoms with Gasteiger partial charge in [-0.15, -0.1) is 16.4 Å². The number of tetrazole rings is 1. The fraction of sp³-hybridized carbons (Fsp3) is 0.421. The maximum absolute atomic E-state index is 13.1. The highest BCUT2D eigenvalue weighted by Gasteiger charge is 2.35. The van der Waals surface area contributed by atoms with Gasteiger partial charge in [0.05, 0.1) is 28.6 Å². The molecule has 4 heterocycles. The van der Waals surface area contributed by atoms with Gasteiger partial charge in [-0.05, 0) is 46.8 Å². The highest BCUT2D eigenvalue weighted by atomic mass is 32.2. The van der Waals surface area contributed by atoms with Crippen LogP contribution in [0.2, 0.25) is 0 Å². The van der Waals surface area contributed by atoms with Gasteiger partial charge in [-0.2, -0.15) is 5.10 Å². The highest BCUT2D eigenvalue weighted by Crippen LogP contribution is 2.35. The van der Waals surface area contributed by atoms with Crippen molar-refractivity contribution in [3.05, 3.63) is 46.5 Å². The molecule has 1 fully saturated rings. The van der Waals surface area contributed by atoms with Crippen LogP contribution in [-0.4, -0.2) is 42.6 Å². The van der Waals surface area contributed by atoms with E-state index in [1.807, 2.05) is 34.3 Å². The van der Waals surface area contributed by atoms with Gasteiger partial charge in [-0.25, -0.2) is 9.69 Å². The predicted octanol–water partition coefficient (Wildman–Crippen LogP) is 3.91. The van der Waals surface area contributed by atoms with Crippen LogP contribution in [0, 0.1) is 0 Å². The number of thioether (sulfide) groups is 1. The molecule has 0 aromatic carbocycles. The molecule has 1 atom stereocenters. The van der Waals surface area contributed by atoms with Crippen molar-refractivity contribution in [2.24, 2.45) is 5.10 Å². The van der Waals surface area contributed by atoms with E-state index in [0.29, 0.717) is 17.6 Å². The van der Waals surface area contributed by atoms with Crippen LogP contribution >= 0.6 is 23.1 Å². The Kier molecular flexibility index (Phi) is 5.19. The van der Waals surface area contributed by atoms with Gasteiger partial charge in [-0.3, -0.25) is 4.79 Å². The number of hydrogen-bond donors (Lipinski definition) is 0. The van der Waals surface area contributed by atoms with E-state index in [9.17, 15) is 4.79 Å². The fourth-order valence-electron chi connectivity index (χ4n) is 3.89. The van der Waals surface area contributed by atoms with E-state index in [1.165, 1.54) is 24.6 Å². The lowest BCUT2D eigenvalue weighted by Gasteiger charge is -2.19. The molecule has 1 aliphatic heterocycles. The number of hydrazone groups is 1. The lowest BCUT2D eigenvalue weighted by atomic mass is 10.1. The van der Waals surface area contributed by atoms with E-state index in [4.69, 9.17) is 4.42 Å². The van der Waals surface area contributed by atoms with Gasteiger partial charge in [0.15, 0.2) is 0 Å². The molecule has 3 aromatic heterocycles. The largest absolute Gasteiger partial charge is 0.467 e. The maximum Gasteiger partial charge on any atom is 0.253 e. The number of rotatable bonds is 6. The molecule has 0 bridgehead atoms. The number of aromatic nitrogens is 4. The molecule has 8 nitrogen and oxygen atoms in total. The molecular formula is C19H20N6O2S2. The molecular weight excluding hydrogens is 408 g/mol. The Bertz CT molecular complexity index is 992. The normalized spacial score (nSPS) is 19.8. The van der Waals surface area contributed by atoms with Crippen LogP contribution in [-0.2, 0) is 4.79 Å². The molecule has 0 saturated heterocycles. The van der Waals surface area contributed by atoms with Crippen LogP contribution in [0.3, 0.4) is 0 Å². The second-order valence-electron chi connectivity index (χ2n) is 7.13. The zero-order valence-electron chi connectivity index (χ0n) is 15.7. The van der Waals surface area contributed by atoms with Gasteiger partial charge >= 0.3 is 0 Å². The Hall–Kier alpha value is -2.46. The average molecular weight is 429 g/mol. The predicted molar refractivity (Wildman–Crippen MR) is 110 cm³/mol. The molecule has 1 aliphatic carbocycles. The van der Waals surface area contributed by atoms with Crippen molar-refractivity contribution >= 4 is 34.7 Å². The van der Waals surface area contributed by atoms with E-state index in [-0.39, 0.29) is 17.7 Å². The molecule has 3 aromatic rings. The lowest BCUT2D eigenvalue weighted by Crippen LogP contribution is -2.28. The first-order chi connectivity index (χ1) is 14.3. The molecule has 0 radical (unpaired) electrons. The summed E-state index contributed by atoms with van der Waals surface area (Å²) >= 11 is 3.00. The van der Waals surface area contributed by atoms with Crippen LogP contribution in [0.5, 0.6) is 0 Å². The SMILES string of the molecule is O=C(CSc1nnnn1C1CCCC1)N1N=C(c2cccs2)C[C@@H]1c1ccco1. The third-order valence-corrected chi connectivity index (χ3v) is 7.14. The Morgan fingerprint density at radius 3 is 2.93 bits per heavy atom. The summed E-state index contributed by atoms with van der Waals surface area (Å²) in [6.45, 7) is 0. The minimum absolute atomic E-state index is 0.0797. The molecule has 2 aliphatic rings. The summed E-state index contributed by atoms with van der Waals surface area (Å²) in [4.78, 5) is 14.2. The summed E-state index contributed by atoms with van der Waals surface area (Å²) in [5.74, 6) is 0.893. The number of nitrogens with zero attached hydrogens (tertiary/aromatic N) is 6. The van der Waals surface area contributed by atoms with Crippen LogP contribution in [0.1, 0.15) is 54.8 Å². The van der Waals surface area contributed by atoms with E-state index < -0.39 is 0 Å². The molecule has 5 rings (SSSR count). The number of amides is 1. The standard InChI is InChI=1S/C19H20N6O2S2/c26-18(12-29-19-20-22-23-24(19)13-5-1-2-6-13)25-15(16-7-3-9-27-16)11-14(21-25)17-8-4-10-28-17/h3-4,7-10,13,15H,1-2,5-6,11-12H2/t15-/m1/s1. The molecule has 1 amide bonds. The Labute approximate surface area is 176 Å². The van der Waals surface area contributed by atoms with Crippen molar-refractivity contribution in [3.8, 4) is 0 Å². The first-order valence-electron chi connectivity index (χ1n) is 9.67. The second kappa shape index (κ2) is 8.11. The van der Waals surface area contributed by atoms with Crippen LogP contribution in [0.15, 0.2) is 50.6 Å². The zero-order chi connectivity index (χ0) is 19.6. The highest BCUT2D eigenvalue weighted by molar-refractivity contribution is 7.99. The number of carbonyl (C=O) groups excluding carboxylic acids is 1. The molecule has 1 saturated carbocycles. The third-order valence-electron chi connectivity index (χ3n) is 5.30. The summed E-state index contributed by atoms with van der Waals surface area (Å²) in [6.07, 6.45) is 6.86. The summed E-state index contributed by atoms with van der Waals surface area (Å²) in [6, 6.07) is 7.88. The number of thiophene rings is 1. The molecule has 29 heavy (non-hydrogen) atoms. The molecule has 0 spiro atoms. The maximum atomic E-state index is 13.1. The smallest absolute Gasteiger partial charge is 0.253 e. The lowest BCUT2D eigenvalue weighted by molar-refractivity contribution is -0.130. The van der Waals surface area contributed by atoms with Crippen LogP contribution in [0.25, 0.3) is 0 Å². The van der Waals surface area contributed by atoms with E-state index in [0.717, 1.165) is 29.2 Å². The topological polar surface area (TPSA) is 89.4 Å². The van der Waals surface area contributed by atoms with Crippen molar-refractivity contribution in [1.82, 2.24) is 25.2 Å². The minimum Gasteiger partial charge on any atom is -0.467 e. The second-order valence-corrected chi connectivity index (χ2v) is 9.02. The van der Waals surface area contributed by atoms with Crippen molar-refractivity contribution in [2.75, 3.05) is 5.75 Å². The van der Waals surface area contributed by atoms with E-state index in [1.54, 1.807) is 22.6 Å². The molecule has 0 unspecified atom stereocenters. The summed E-state index contributed by atoms with van der Waals surface area (Å²) in [7, 11) is 0. The Morgan fingerprint density at radius 1 is 1.28 bits per heavy atom. The molecule has 0 N–H and O–H groups in total. The number of carbonyl (C=O) groups is 1. The third kappa shape index (κ3) is 3.74. The van der Waals surface area contributed by atoms with E-state index >= 15 is 0 Å². The first kappa shape index (κ1) is 18.6. The first-order valence-corrected chi connectivity index (χ1v) is 11.5. The van der Waals surface area contributed by atoms with Crippen molar-refractivity contribution in [1.29, 1.82) is 0 Å². The minimum atomic E-state index is -0.221. The van der Waals surface area contributed by atoms with E-state index in [2.05, 4.69) is 20.6 Å². The fourth-order valence-corrected chi connectivity index (χ4v) is 5.40. The Morgan fingerprint density at radius 2 is 2.17 bits per heavy atom. The van der Waals surface area contributed by atoms with Crippen molar-refractivity contribution in [2.45, 2.75) is 49.3 Å². The van der Waals surface area contributed by atoms with Crippen LogP contribution < -0.4 is 0 Å².